The fourth-order valence-electron chi connectivity index (χ4n) is 1.60. The predicted molar refractivity (Wildman–Crippen MR) is 80.7 cm³/mol. The van der Waals surface area contributed by atoms with Crippen molar-refractivity contribution in [3.63, 3.8) is 0 Å². The number of carbonyl (C=O) groups is 1. The molecule has 0 aliphatic rings. The molecule has 0 bridgehead atoms. The third kappa shape index (κ3) is 3.32. The summed E-state index contributed by atoms with van der Waals surface area (Å²) in [6, 6.07) is 11.0. The van der Waals surface area contributed by atoms with Gasteiger partial charge in [0.05, 0.1) is 5.69 Å². The zero-order valence-electron chi connectivity index (χ0n) is 10.7. The zero-order valence-corrected chi connectivity index (χ0v) is 12.3. The van der Waals surface area contributed by atoms with Crippen LogP contribution < -0.4 is 10.2 Å². The molecule has 4 nitrogen and oxygen atoms in total. The normalized spacial score (nSPS) is 10.1. The first-order valence-corrected chi connectivity index (χ1v) is 6.56. The molecule has 0 fully saturated rings. The predicted octanol–water partition coefficient (Wildman–Crippen LogP) is 3.16. The highest BCUT2D eigenvalue weighted by atomic mass is 79.9. The molecule has 2 aromatic rings. The number of amides is 1. The molecule has 2 rings (SSSR count). The van der Waals surface area contributed by atoms with Gasteiger partial charge < -0.3 is 10.2 Å². The van der Waals surface area contributed by atoms with E-state index in [2.05, 4.69) is 26.2 Å². The lowest BCUT2D eigenvalue weighted by molar-refractivity contribution is 0.102. The van der Waals surface area contributed by atoms with Gasteiger partial charge in [0.15, 0.2) is 0 Å². The van der Waals surface area contributed by atoms with Crippen LogP contribution in [0.15, 0.2) is 47.2 Å². The van der Waals surface area contributed by atoms with E-state index in [9.17, 15) is 4.79 Å². The van der Waals surface area contributed by atoms with Gasteiger partial charge in [-0.3, -0.25) is 4.79 Å². The number of hydrogen-bond acceptors (Lipinski definition) is 3. The molecule has 0 spiro atoms. The van der Waals surface area contributed by atoms with Crippen LogP contribution in [0.3, 0.4) is 0 Å². The summed E-state index contributed by atoms with van der Waals surface area (Å²) in [4.78, 5) is 18.2. The van der Waals surface area contributed by atoms with Crippen molar-refractivity contribution in [2.24, 2.45) is 0 Å². The van der Waals surface area contributed by atoms with Crippen molar-refractivity contribution >= 4 is 33.2 Å². The summed E-state index contributed by atoms with van der Waals surface area (Å²) in [5.41, 5.74) is 2.25. The monoisotopic (exact) mass is 319 g/mol. The second-order valence-electron chi connectivity index (χ2n) is 4.24. The molecule has 0 unspecified atom stereocenters. The van der Waals surface area contributed by atoms with Crippen molar-refractivity contribution in [1.29, 1.82) is 0 Å². The molecule has 1 heterocycles. The van der Waals surface area contributed by atoms with E-state index in [0.29, 0.717) is 15.9 Å². The Morgan fingerprint density at radius 1 is 1.26 bits per heavy atom. The SMILES string of the molecule is CN(C)c1cccc(C(=O)Nc2cccnc2Br)c1. The van der Waals surface area contributed by atoms with Crippen molar-refractivity contribution in [2.75, 3.05) is 24.3 Å². The Kier molecular flexibility index (Phi) is 4.16. The lowest BCUT2D eigenvalue weighted by Gasteiger charge is -2.13. The minimum absolute atomic E-state index is 0.155. The maximum absolute atomic E-state index is 12.2. The highest BCUT2D eigenvalue weighted by Crippen LogP contribution is 2.20. The van der Waals surface area contributed by atoms with Crippen molar-refractivity contribution in [3.05, 3.63) is 52.8 Å². The summed E-state index contributed by atoms with van der Waals surface area (Å²) in [5.74, 6) is -0.155. The quantitative estimate of drug-likeness (QED) is 0.884. The topological polar surface area (TPSA) is 45.2 Å². The lowest BCUT2D eigenvalue weighted by Crippen LogP contribution is -2.14. The van der Waals surface area contributed by atoms with E-state index in [0.717, 1.165) is 5.69 Å². The standard InChI is InChI=1S/C14H14BrN3O/c1-18(2)11-6-3-5-10(9-11)14(19)17-12-7-4-8-16-13(12)15/h3-9H,1-2H3,(H,17,19). The molecule has 0 saturated carbocycles. The maximum atomic E-state index is 12.2. The van der Waals surface area contributed by atoms with Gasteiger partial charge >= 0.3 is 0 Å². The molecule has 0 radical (unpaired) electrons. The number of aromatic nitrogens is 1. The number of carbonyl (C=O) groups excluding carboxylic acids is 1. The molecule has 0 saturated heterocycles. The third-order valence-electron chi connectivity index (χ3n) is 2.63. The minimum Gasteiger partial charge on any atom is -0.378 e. The van der Waals surface area contributed by atoms with Crippen LogP contribution >= 0.6 is 15.9 Å². The highest BCUT2D eigenvalue weighted by molar-refractivity contribution is 9.10. The van der Waals surface area contributed by atoms with Gasteiger partial charge in [0.1, 0.15) is 4.60 Å². The van der Waals surface area contributed by atoms with Crippen LogP contribution in [0, 0.1) is 0 Å². The van der Waals surface area contributed by atoms with E-state index in [1.54, 1.807) is 24.4 Å². The average molecular weight is 320 g/mol. The Morgan fingerprint density at radius 3 is 2.74 bits per heavy atom. The number of anilines is 2. The highest BCUT2D eigenvalue weighted by Gasteiger charge is 2.09. The summed E-state index contributed by atoms with van der Waals surface area (Å²) in [6.07, 6.45) is 1.66. The first kappa shape index (κ1) is 13.5. The molecule has 0 aliphatic carbocycles. The maximum Gasteiger partial charge on any atom is 0.255 e. The van der Waals surface area contributed by atoms with Crippen molar-refractivity contribution in [1.82, 2.24) is 4.98 Å². The molecule has 0 aliphatic heterocycles. The second kappa shape index (κ2) is 5.84. The summed E-state index contributed by atoms with van der Waals surface area (Å²) in [6.45, 7) is 0. The molecule has 0 atom stereocenters. The minimum atomic E-state index is -0.155. The van der Waals surface area contributed by atoms with Gasteiger partial charge in [-0.05, 0) is 46.3 Å². The zero-order chi connectivity index (χ0) is 13.8. The van der Waals surface area contributed by atoms with Crippen LogP contribution in [0.25, 0.3) is 0 Å². The van der Waals surface area contributed by atoms with E-state index in [4.69, 9.17) is 0 Å². The molecular formula is C14H14BrN3O. The average Bonchev–Trinajstić information content (AvgIpc) is 2.41. The number of rotatable bonds is 3. The van der Waals surface area contributed by atoms with E-state index < -0.39 is 0 Å². The van der Waals surface area contributed by atoms with E-state index in [1.165, 1.54) is 0 Å². The fraction of sp³-hybridized carbons (Fsp3) is 0.143. The van der Waals surface area contributed by atoms with Crippen LogP contribution in [-0.2, 0) is 0 Å². The van der Waals surface area contributed by atoms with Gasteiger partial charge in [-0.2, -0.15) is 0 Å². The molecule has 5 heteroatoms. The van der Waals surface area contributed by atoms with Gasteiger partial charge in [-0.1, -0.05) is 6.07 Å². The molecule has 98 valence electrons. The van der Waals surface area contributed by atoms with E-state index in [-0.39, 0.29) is 5.91 Å². The second-order valence-corrected chi connectivity index (χ2v) is 4.99. The van der Waals surface area contributed by atoms with Crippen molar-refractivity contribution in [2.45, 2.75) is 0 Å². The Hall–Kier alpha value is -1.88. The lowest BCUT2D eigenvalue weighted by atomic mass is 10.2. The summed E-state index contributed by atoms with van der Waals surface area (Å²) in [7, 11) is 3.88. The molecule has 19 heavy (non-hydrogen) atoms. The molecule has 1 aromatic carbocycles. The summed E-state index contributed by atoms with van der Waals surface area (Å²) in [5, 5.41) is 2.83. The number of nitrogens with zero attached hydrogens (tertiary/aromatic N) is 2. The Bertz CT molecular complexity index is 599. The Labute approximate surface area is 120 Å². The molecular weight excluding hydrogens is 306 g/mol. The Morgan fingerprint density at radius 2 is 2.05 bits per heavy atom. The molecule has 1 N–H and O–H groups in total. The number of nitrogens with one attached hydrogen (secondary N) is 1. The van der Waals surface area contributed by atoms with Crippen LogP contribution in [0.5, 0.6) is 0 Å². The number of halogens is 1. The number of hydrogen-bond donors (Lipinski definition) is 1. The van der Waals surface area contributed by atoms with E-state index in [1.807, 2.05) is 37.2 Å². The van der Waals surface area contributed by atoms with Crippen molar-refractivity contribution in [3.8, 4) is 0 Å². The van der Waals surface area contributed by atoms with Gasteiger partial charge in [0.2, 0.25) is 0 Å². The Balaban J connectivity index is 2.21. The van der Waals surface area contributed by atoms with Crippen LogP contribution in [0.2, 0.25) is 0 Å². The third-order valence-corrected chi connectivity index (χ3v) is 3.26. The first-order valence-electron chi connectivity index (χ1n) is 5.77. The summed E-state index contributed by atoms with van der Waals surface area (Å²) >= 11 is 3.30. The number of benzene rings is 1. The van der Waals surface area contributed by atoms with Gasteiger partial charge in [-0.25, -0.2) is 4.98 Å². The van der Waals surface area contributed by atoms with Gasteiger partial charge in [0, 0.05) is 31.5 Å². The number of pyridine rings is 1. The smallest absolute Gasteiger partial charge is 0.255 e. The van der Waals surface area contributed by atoms with Gasteiger partial charge in [-0.15, -0.1) is 0 Å². The fourth-order valence-corrected chi connectivity index (χ4v) is 1.95. The van der Waals surface area contributed by atoms with Crippen molar-refractivity contribution < 1.29 is 4.79 Å². The van der Waals surface area contributed by atoms with E-state index >= 15 is 0 Å². The first-order chi connectivity index (χ1) is 9.08. The van der Waals surface area contributed by atoms with Gasteiger partial charge in [0.25, 0.3) is 5.91 Å². The van der Waals surface area contributed by atoms with Crippen LogP contribution in [0.4, 0.5) is 11.4 Å². The van der Waals surface area contributed by atoms with Crippen LogP contribution in [0.1, 0.15) is 10.4 Å². The van der Waals surface area contributed by atoms with Crippen LogP contribution in [-0.4, -0.2) is 25.0 Å². The summed E-state index contributed by atoms with van der Waals surface area (Å²) < 4.78 is 0.618. The molecule has 1 amide bonds. The largest absolute Gasteiger partial charge is 0.378 e. The molecule has 1 aromatic heterocycles.